The maximum absolute atomic E-state index is 3.80. The molecular formula is C16H33N3. The van der Waals surface area contributed by atoms with Crippen molar-refractivity contribution in [2.24, 2.45) is 11.8 Å². The predicted octanol–water partition coefficient (Wildman–Crippen LogP) is 2.04. The average Bonchev–Trinajstić information content (AvgIpc) is 3.18. The molecule has 2 aliphatic rings. The molecule has 1 saturated carbocycles. The van der Waals surface area contributed by atoms with Crippen molar-refractivity contribution in [1.29, 1.82) is 0 Å². The quantitative estimate of drug-likeness (QED) is 0.712. The Morgan fingerprint density at radius 1 is 1.21 bits per heavy atom. The first kappa shape index (κ1) is 15.3. The van der Waals surface area contributed by atoms with Crippen molar-refractivity contribution in [3.8, 4) is 0 Å². The lowest BCUT2D eigenvalue weighted by atomic mass is 9.96. The second kappa shape index (κ2) is 7.05. The smallest absolute Gasteiger partial charge is 0.0244 e. The average molecular weight is 267 g/mol. The van der Waals surface area contributed by atoms with Gasteiger partial charge < -0.3 is 10.2 Å². The van der Waals surface area contributed by atoms with E-state index in [1.54, 1.807) is 0 Å². The van der Waals surface area contributed by atoms with Gasteiger partial charge in [-0.25, -0.2) is 0 Å². The lowest BCUT2D eigenvalue weighted by Crippen LogP contribution is -2.59. The van der Waals surface area contributed by atoms with E-state index in [2.05, 4.69) is 43.1 Å². The van der Waals surface area contributed by atoms with Crippen molar-refractivity contribution < 1.29 is 0 Å². The van der Waals surface area contributed by atoms with Crippen molar-refractivity contribution in [3.05, 3.63) is 0 Å². The molecular weight excluding hydrogens is 234 g/mol. The molecule has 0 aromatic heterocycles. The summed E-state index contributed by atoms with van der Waals surface area (Å²) in [6.07, 6.45) is 5.59. The highest BCUT2D eigenvalue weighted by Crippen LogP contribution is 2.34. The van der Waals surface area contributed by atoms with Crippen LogP contribution in [0.4, 0.5) is 0 Å². The summed E-state index contributed by atoms with van der Waals surface area (Å²) in [6, 6.07) is 1.53. The topological polar surface area (TPSA) is 18.5 Å². The standard InChI is InChI=1S/C16H33N3/c1-13(2)16-11-17-15(14-7-8-14)12-19(16)10-6-5-9-18(3)4/h13-17H,5-12H2,1-4H3. The van der Waals surface area contributed by atoms with E-state index in [-0.39, 0.29) is 0 Å². The van der Waals surface area contributed by atoms with Gasteiger partial charge in [-0.3, -0.25) is 4.90 Å². The highest BCUT2D eigenvalue weighted by molar-refractivity contribution is 4.95. The number of rotatable bonds is 7. The van der Waals surface area contributed by atoms with Gasteiger partial charge in [0.2, 0.25) is 0 Å². The lowest BCUT2D eigenvalue weighted by Gasteiger charge is -2.42. The van der Waals surface area contributed by atoms with Gasteiger partial charge in [-0.05, 0) is 64.7 Å². The Morgan fingerprint density at radius 3 is 2.53 bits per heavy atom. The van der Waals surface area contributed by atoms with E-state index in [1.165, 1.54) is 51.9 Å². The van der Waals surface area contributed by atoms with Crippen LogP contribution in [0.5, 0.6) is 0 Å². The zero-order chi connectivity index (χ0) is 13.8. The first-order chi connectivity index (χ1) is 9.08. The zero-order valence-electron chi connectivity index (χ0n) is 13.4. The van der Waals surface area contributed by atoms with E-state index in [0.29, 0.717) is 0 Å². The number of hydrogen-bond acceptors (Lipinski definition) is 3. The molecule has 0 aromatic rings. The molecule has 3 heteroatoms. The van der Waals surface area contributed by atoms with Crippen molar-refractivity contribution in [1.82, 2.24) is 15.1 Å². The van der Waals surface area contributed by atoms with Gasteiger partial charge in [0.1, 0.15) is 0 Å². The molecule has 2 fully saturated rings. The third kappa shape index (κ3) is 4.73. The van der Waals surface area contributed by atoms with Crippen LogP contribution < -0.4 is 5.32 Å². The second-order valence-corrected chi connectivity index (χ2v) is 7.17. The summed E-state index contributed by atoms with van der Waals surface area (Å²) in [5.41, 5.74) is 0. The van der Waals surface area contributed by atoms with Crippen LogP contribution in [0.15, 0.2) is 0 Å². The lowest BCUT2D eigenvalue weighted by molar-refractivity contribution is 0.0899. The highest BCUT2D eigenvalue weighted by Gasteiger charge is 2.37. The monoisotopic (exact) mass is 267 g/mol. The molecule has 2 unspecified atom stereocenters. The number of hydrogen-bond donors (Lipinski definition) is 1. The second-order valence-electron chi connectivity index (χ2n) is 7.17. The Morgan fingerprint density at radius 2 is 1.95 bits per heavy atom. The minimum absolute atomic E-state index is 0.745. The van der Waals surface area contributed by atoms with Crippen LogP contribution in [0.25, 0.3) is 0 Å². The van der Waals surface area contributed by atoms with Gasteiger partial charge in [-0.15, -0.1) is 0 Å². The molecule has 19 heavy (non-hydrogen) atoms. The van der Waals surface area contributed by atoms with Gasteiger partial charge in [0.25, 0.3) is 0 Å². The highest BCUT2D eigenvalue weighted by atomic mass is 15.2. The van der Waals surface area contributed by atoms with Crippen LogP contribution in [-0.4, -0.2) is 62.2 Å². The summed E-state index contributed by atoms with van der Waals surface area (Å²) < 4.78 is 0. The molecule has 1 heterocycles. The molecule has 0 radical (unpaired) electrons. The Hall–Kier alpha value is -0.120. The fourth-order valence-corrected chi connectivity index (χ4v) is 3.33. The van der Waals surface area contributed by atoms with Gasteiger partial charge in [0.15, 0.2) is 0 Å². The Kier molecular flexibility index (Phi) is 5.67. The maximum atomic E-state index is 3.80. The summed E-state index contributed by atoms with van der Waals surface area (Å²) in [4.78, 5) is 5.07. The Bertz CT molecular complexity index is 261. The van der Waals surface area contributed by atoms with Gasteiger partial charge in [0, 0.05) is 25.2 Å². The van der Waals surface area contributed by atoms with E-state index >= 15 is 0 Å². The fraction of sp³-hybridized carbons (Fsp3) is 1.00. The normalized spacial score (nSPS) is 29.4. The molecule has 0 bridgehead atoms. The molecule has 0 spiro atoms. The van der Waals surface area contributed by atoms with Crippen molar-refractivity contribution in [2.75, 3.05) is 40.3 Å². The SMILES string of the molecule is CC(C)C1CNC(C2CC2)CN1CCCCN(C)C. The molecule has 1 aliphatic carbocycles. The molecule has 2 atom stereocenters. The summed E-state index contributed by atoms with van der Waals surface area (Å²) in [5.74, 6) is 1.75. The molecule has 3 nitrogen and oxygen atoms in total. The van der Waals surface area contributed by atoms with Crippen LogP contribution in [0.3, 0.4) is 0 Å². The van der Waals surface area contributed by atoms with E-state index in [1.807, 2.05) is 0 Å². The molecule has 1 saturated heterocycles. The zero-order valence-corrected chi connectivity index (χ0v) is 13.4. The van der Waals surface area contributed by atoms with Crippen molar-refractivity contribution in [3.63, 3.8) is 0 Å². The molecule has 112 valence electrons. The van der Waals surface area contributed by atoms with E-state index < -0.39 is 0 Å². The molecule has 1 aliphatic heterocycles. The molecule has 1 N–H and O–H groups in total. The van der Waals surface area contributed by atoms with Gasteiger partial charge >= 0.3 is 0 Å². The summed E-state index contributed by atoms with van der Waals surface area (Å²) in [5, 5.41) is 3.80. The van der Waals surface area contributed by atoms with Gasteiger partial charge in [-0.2, -0.15) is 0 Å². The predicted molar refractivity (Wildman–Crippen MR) is 82.5 cm³/mol. The van der Waals surface area contributed by atoms with Crippen LogP contribution >= 0.6 is 0 Å². The molecule has 2 rings (SSSR count). The van der Waals surface area contributed by atoms with E-state index in [9.17, 15) is 0 Å². The minimum atomic E-state index is 0.745. The van der Waals surface area contributed by atoms with Gasteiger partial charge in [-0.1, -0.05) is 13.8 Å². The Labute approximate surface area is 119 Å². The summed E-state index contributed by atoms with van der Waals surface area (Å²) >= 11 is 0. The van der Waals surface area contributed by atoms with Crippen LogP contribution in [-0.2, 0) is 0 Å². The number of nitrogens with one attached hydrogen (secondary N) is 1. The molecule has 0 aromatic carbocycles. The maximum Gasteiger partial charge on any atom is 0.0244 e. The van der Waals surface area contributed by atoms with Crippen LogP contribution in [0.1, 0.15) is 39.5 Å². The van der Waals surface area contributed by atoms with Crippen LogP contribution in [0.2, 0.25) is 0 Å². The van der Waals surface area contributed by atoms with Crippen LogP contribution in [0, 0.1) is 11.8 Å². The third-order valence-electron chi connectivity index (χ3n) is 4.75. The molecule has 0 amide bonds. The number of unbranched alkanes of at least 4 members (excludes halogenated alkanes) is 1. The third-order valence-corrected chi connectivity index (χ3v) is 4.75. The fourth-order valence-electron chi connectivity index (χ4n) is 3.33. The summed E-state index contributed by atoms with van der Waals surface area (Å²) in [7, 11) is 4.34. The van der Waals surface area contributed by atoms with Gasteiger partial charge in [0.05, 0.1) is 0 Å². The largest absolute Gasteiger partial charge is 0.311 e. The first-order valence-corrected chi connectivity index (χ1v) is 8.20. The van der Waals surface area contributed by atoms with E-state index in [0.717, 1.165) is 23.9 Å². The first-order valence-electron chi connectivity index (χ1n) is 8.20. The number of piperazine rings is 1. The minimum Gasteiger partial charge on any atom is -0.311 e. The van der Waals surface area contributed by atoms with Crippen molar-refractivity contribution >= 4 is 0 Å². The van der Waals surface area contributed by atoms with Crippen molar-refractivity contribution in [2.45, 2.75) is 51.6 Å². The number of nitrogens with zero attached hydrogens (tertiary/aromatic N) is 2. The summed E-state index contributed by atoms with van der Waals surface area (Å²) in [6.45, 7) is 9.75. The Balaban J connectivity index is 1.77. The van der Waals surface area contributed by atoms with E-state index in [4.69, 9.17) is 0 Å².